The first-order chi connectivity index (χ1) is 3.83. The molecule has 0 aromatic carbocycles. The molecule has 0 fully saturated rings. The quantitative estimate of drug-likeness (QED) is 0.372. The number of hydrogen-bond acceptors (Lipinski definition) is 0. The molecule has 0 aliphatic heterocycles. The van der Waals surface area contributed by atoms with Crippen molar-refractivity contribution in [1.29, 1.82) is 0 Å². The van der Waals surface area contributed by atoms with Crippen molar-refractivity contribution in [3.8, 4) is 0 Å². The third-order valence-electron chi connectivity index (χ3n) is 0.577. The fourth-order valence-electron chi connectivity index (χ4n) is 0. The molecule has 0 N–H and O–H groups in total. The Morgan fingerprint density at radius 2 is 0.786 bits per heavy atom. The van der Waals surface area contributed by atoms with E-state index >= 15 is 0 Å². The molecule has 0 saturated carbocycles. The smallest absolute Gasteiger partial charge is 0.358 e. The maximum absolute atomic E-state index is 3.48. The van der Waals surface area contributed by atoms with Crippen LogP contribution in [0.3, 0.4) is 0 Å². The largest absolute Gasteiger partial charge is 2.00 e. The summed E-state index contributed by atoms with van der Waals surface area (Å²) in [4.78, 5) is 0. The van der Waals surface area contributed by atoms with Crippen LogP contribution < -0.4 is 0 Å². The molecule has 0 amide bonds. The van der Waals surface area contributed by atoms with Gasteiger partial charge in [0.1, 0.15) is 0 Å². The number of hydrogen-bond donors (Lipinski definition) is 0. The molecule has 0 aliphatic carbocycles. The van der Waals surface area contributed by atoms with Crippen molar-refractivity contribution in [2.45, 2.75) is 26.7 Å². The molecule has 0 heterocycles. The third-order valence-corrected chi connectivity index (χ3v) is 0.577. The molecule has 0 atom stereocenters. The van der Waals surface area contributed by atoms with Crippen LogP contribution in [0.4, 0.5) is 0 Å². The average molecular weight is 221 g/mol. The van der Waals surface area contributed by atoms with E-state index in [1.165, 1.54) is 0 Å². The molecule has 0 bridgehead atoms. The molecular weight excluding hydrogens is 193 g/mol. The Balaban J connectivity index is -0.00000000600. The first-order valence-electron chi connectivity index (χ1n) is 3.05. The van der Waals surface area contributed by atoms with Gasteiger partial charge in [-0.15, -0.1) is 13.2 Å². The zero-order valence-electron chi connectivity index (χ0n) is 11.4. The van der Waals surface area contributed by atoms with Gasteiger partial charge in [0, 0.05) is 0 Å². The summed E-state index contributed by atoms with van der Waals surface area (Å²) in [5, 5.41) is 0. The first kappa shape index (κ1) is 59.9. The molecule has 0 aromatic heterocycles. The minimum Gasteiger partial charge on any atom is -0.358 e. The molecule has 0 rings (SSSR count). The van der Waals surface area contributed by atoms with E-state index in [9.17, 15) is 0 Å². The maximum atomic E-state index is 3.48. The summed E-state index contributed by atoms with van der Waals surface area (Å²) in [5.74, 6) is 0. The summed E-state index contributed by atoms with van der Waals surface area (Å²) in [6.07, 6.45) is 5.92. The Morgan fingerprint density at radius 1 is 0.714 bits per heavy atom. The van der Waals surface area contributed by atoms with Gasteiger partial charge in [-0.3, -0.25) is 0 Å². The van der Waals surface area contributed by atoms with Crippen molar-refractivity contribution in [3.63, 3.8) is 0 Å². The van der Waals surface area contributed by atoms with E-state index in [4.69, 9.17) is 0 Å². The van der Waals surface area contributed by atoms with Crippen LogP contribution in [0.25, 0.3) is 0 Å². The Morgan fingerprint density at radius 3 is 0.786 bits per heavy atom. The maximum Gasteiger partial charge on any atom is 2.00 e. The van der Waals surface area contributed by atoms with Gasteiger partial charge in [0.2, 0.25) is 0 Å². The molecule has 0 saturated heterocycles. The van der Waals surface area contributed by atoms with Gasteiger partial charge in [-0.25, -0.2) is 0 Å². The molecule has 0 nitrogen and oxygen atoms in total. The van der Waals surface area contributed by atoms with E-state index in [0.29, 0.717) is 0 Å². The summed E-state index contributed by atoms with van der Waals surface area (Å²) in [5.41, 5.74) is 0. The summed E-state index contributed by atoms with van der Waals surface area (Å²) in [6.45, 7) is 11.1. The Kier molecular flexibility index (Phi) is 404. The van der Waals surface area contributed by atoms with Crippen LogP contribution in [0.2, 0.25) is 0 Å². The Bertz CT molecular complexity index is 44.3. The molecule has 0 aliphatic rings. The van der Waals surface area contributed by atoms with E-state index < -0.39 is 0 Å². The zero-order valence-corrected chi connectivity index (χ0v) is 14.2. The van der Waals surface area contributed by atoms with Crippen molar-refractivity contribution in [1.82, 2.24) is 0 Å². The van der Waals surface area contributed by atoms with E-state index in [-0.39, 0.29) is 75.8 Å². The van der Waals surface area contributed by atoms with Crippen LogP contribution in [0, 0.1) is 29.7 Å². The van der Waals surface area contributed by atoms with Gasteiger partial charge in [0.15, 0.2) is 0 Å². The predicted octanol–water partition coefficient (Wildman–Crippen LogP) is 4.20. The summed E-state index contributed by atoms with van der Waals surface area (Å²) in [6, 6.07) is 0. The van der Waals surface area contributed by atoms with Crippen LogP contribution >= 0.6 is 0 Å². The van der Waals surface area contributed by atoms with E-state index in [1.807, 2.05) is 12.2 Å². The SMILES string of the molecule is C=CCC.C=CCC.[CH3-].[CH3-].[CH3-].[CH3-].[Mg+2].[Mg+2]. The van der Waals surface area contributed by atoms with Crippen LogP contribution in [-0.4, -0.2) is 46.1 Å². The van der Waals surface area contributed by atoms with Crippen LogP contribution in [0.5, 0.6) is 0 Å². The Labute approximate surface area is 127 Å². The second-order valence-corrected chi connectivity index (χ2v) is 1.39. The van der Waals surface area contributed by atoms with Crippen molar-refractivity contribution in [2.75, 3.05) is 0 Å². The minimum absolute atomic E-state index is 0. The fourth-order valence-corrected chi connectivity index (χ4v) is 0. The van der Waals surface area contributed by atoms with E-state index in [2.05, 4.69) is 27.0 Å². The zero-order chi connectivity index (χ0) is 6.83. The van der Waals surface area contributed by atoms with Gasteiger partial charge in [0.25, 0.3) is 0 Å². The monoisotopic (exact) mass is 220 g/mol. The normalized spacial score (nSPS) is 3.57. The van der Waals surface area contributed by atoms with Gasteiger partial charge in [-0.1, -0.05) is 26.0 Å². The third kappa shape index (κ3) is 207. The van der Waals surface area contributed by atoms with E-state index in [1.54, 1.807) is 0 Å². The van der Waals surface area contributed by atoms with Gasteiger partial charge >= 0.3 is 46.1 Å². The molecule has 14 heavy (non-hydrogen) atoms. The number of rotatable bonds is 2. The van der Waals surface area contributed by atoms with Gasteiger partial charge < -0.3 is 29.7 Å². The van der Waals surface area contributed by atoms with Crippen LogP contribution in [0.1, 0.15) is 26.7 Å². The predicted molar refractivity (Wildman–Crippen MR) is 78.1 cm³/mol. The topological polar surface area (TPSA) is 0 Å². The molecule has 0 unspecified atom stereocenters. The standard InChI is InChI=1S/2C4H8.4CH3.2Mg/c2*1-3-4-2;;;;;;/h2*3H,1,4H2,2H3;4*1H3;;/q;;4*-1;2*+2. The molecule has 80 valence electrons. The second-order valence-electron chi connectivity index (χ2n) is 1.39. The molecule has 0 radical (unpaired) electrons. The van der Waals surface area contributed by atoms with Crippen molar-refractivity contribution < 1.29 is 0 Å². The summed E-state index contributed by atoms with van der Waals surface area (Å²) < 4.78 is 0. The van der Waals surface area contributed by atoms with Crippen molar-refractivity contribution >= 4 is 46.1 Å². The molecular formula is C12H28Mg2. The van der Waals surface area contributed by atoms with Crippen molar-refractivity contribution in [2.24, 2.45) is 0 Å². The number of allylic oxidation sites excluding steroid dienone is 2. The molecule has 0 spiro atoms. The van der Waals surface area contributed by atoms with E-state index in [0.717, 1.165) is 12.8 Å². The fraction of sp³-hybridized carbons (Fsp3) is 0.333. The Hall–Kier alpha value is 1.01. The average Bonchev–Trinajstić information content (AvgIpc) is 1.88. The van der Waals surface area contributed by atoms with Gasteiger partial charge in [0.05, 0.1) is 0 Å². The van der Waals surface area contributed by atoms with Crippen molar-refractivity contribution in [3.05, 3.63) is 55.0 Å². The molecule has 0 aromatic rings. The van der Waals surface area contributed by atoms with Crippen LogP contribution in [-0.2, 0) is 0 Å². The molecule has 2 heteroatoms. The van der Waals surface area contributed by atoms with Gasteiger partial charge in [-0.2, -0.15) is 0 Å². The van der Waals surface area contributed by atoms with Gasteiger partial charge in [-0.05, 0) is 12.8 Å². The summed E-state index contributed by atoms with van der Waals surface area (Å²) >= 11 is 0. The summed E-state index contributed by atoms with van der Waals surface area (Å²) in [7, 11) is 0. The van der Waals surface area contributed by atoms with Crippen LogP contribution in [0.15, 0.2) is 25.3 Å². The first-order valence-corrected chi connectivity index (χ1v) is 3.05. The second kappa shape index (κ2) is 94.4. The minimum atomic E-state index is 0.